The first-order valence-corrected chi connectivity index (χ1v) is 8.95. The normalized spacial score (nSPS) is 16.7. The van der Waals surface area contributed by atoms with E-state index in [-0.39, 0.29) is 17.6 Å². The first-order chi connectivity index (χ1) is 13.2. The predicted molar refractivity (Wildman–Crippen MR) is 100 cm³/mol. The summed E-state index contributed by atoms with van der Waals surface area (Å²) in [7, 11) is 0. The number of fused-ring (bicyclic) bond motifs is 1. The summed E-state index contributed by atoms with van der Waals surface area (Å²) in [6, 6.07) is 11.5. The molecule has 0 bridgehead atoms. The molecule has 27 heavy (non-hydrogen) atoms. The van der Waals surface area contributed by atoms with Gasteiger partial charge in [-0.05, 0) is 42.7 Å². The lowest BCUT2D eigenvalue weighted by Gasteiger charge is -2.10. The van der Waals surface area contributed by atoms with Crippen LogP contribution < -0.4 is 10.9 Å². The molecule has 1 aliphatic heterocycles. The molecule has 2 aromatic heterocycles. The molecule has 6 nitrogen and oxygen atoms in total. The van der Waals surface area contributed by atoms with E-state index in [0.29, 0.717) is 29.1 Å². The molecule has 1 unspecified atom stereocenters. The summed E-state index contributed by atoms with van der Waals surface area (Å²) in [5.74, 6) is -0.242. The van der Waals surface area contributed by atoms with Crippen LogP contribution in [0.15, 0.2) is 47.3 Å². The van der Waals surface area contributed by atoms with E-state index in [9.17, 15) is 14.0 Å². The van der Waals surface area contributed by atoms with E-state index in [2.05, 4.69) is 10.3 Å². The second-order valence-electron chi connectivity index (χ2n) is 6.64. The van der Waals surface area contributed by atoms with Gasteiger partial charge in [0, 0.05) is 24.6 Å². The summed E-state index contributed by atoms with van der Waals surface area (Å²) in [4.78, 5) is 27.9. The first-order valence-electron chi connectivity index (χ1n) is 8.95. The zero-order valence-corrected chi connectivity index (χ0v) is 14.7. The van der Waals surface area contributed by atoms with Gasteiger partial charge in [0.1, 0.15) is 18.0 Å². The molecule has 7 heteroatoms. The summed E-state index contributed by atoms with van der Waals surface area (Å²) in [6.45, 7) is 0.642. The molecule has 0 spiro atoms. The van der Waals surface area contributed by atoms with Crippen LogP contribution in [0.1, 0.15) is 28.9 Å². The first kappa shape index (κ1) is 17.5. The molecule has 0 saturated carbocycles. The molecule has 1 saturated heterocycles. The third-order valence-corrected chi connectivity index (χ3v) is 4.78. The van der Waals surface area contributed by atoms with Gasteiger partial charge in [-0.2, -0.15) is 0 Å². The van der Waals surface area contributed by atoms with Crippen molar-refractivity contribution in [2.24, 2.45) is 0 Å². The lowest BCUT2D eigenvalue weighted by molar-refractivity contribution is 0.0854. The summed E-state index contributed by atoms with van der Waals surface area (Å²) in [6.07, 6.45) is 2.02. The molecule has 3 aromatic rings. The Hall–Kier alpha value is -2.93. The minimum absolute atomic E-state index is 0.0607. The standard InChI is InChI=1S/C20H20FN3O3/c21-11-13-3-6-15(7-4-13)24-18(25)8-5-14-10-17(23-19(14)24)20(26)22-12-16-2-1-9-27-16/h3-8,10,16,23H,1-2,9,11-12H2,(H,22,26). The van der Waals surface area contributed by atoms with Crippen LogP contribution in [-0.2, 0) is 11.4 Å². The number of hydrogen-bond donors (Lipinski definition) is 2. The largest absolute Gasteiger partial charge is 0.376 e. The van der Waals surface area contributed by atoms with Crippen molar-refractivity contribution in [3.05, 3.63) is 64.1 Å². The van der Waals surface area contributed by atoms with Gasteiger partial charge in [-0.15, -0.1) is 0 Å². The lowest BCUT2D eigenvalue weighted by atomic mass is 10.2. The molecule has 4 rings (SSSR count). The molecule has 140 valence electrons. The number of hydrogen-bond acceptors (Lipinski definition) is 3. The Morgan fingerprint density at radius 1 is 1.26 bits per heavy atom. The molecule has 1 aliphatic rings. The SMILES string of the molecule is O=C(NCC1CCCO1)c1cc2ccc(=O)n(-c3ccc(CF)cc3)c2[nH]1. The third kappa shape index (κ3) is 3.50. The zero-order chi connectivity index (χ0) is 18.8. The molecule has 1 aromatic carbocycles. The van der Waals surface area contributed by atoms with Gasteiger partial charge in [0.2, 0.25) is 0 Å². The van der Waals surface area contributed by atoms with Gasteiger partial charge in [0.05, 0.1) is 11.8 Å². The highest BCUT2D eigenvalue weighted by molar-refractivity contribution is 5.97. The van der Waals surface area contributed by atoms with Gasteiger partial charge in [-0.1, -0.05) is 12.1 Å². The number of nitrogens with zero attached hydrogens (tertiary/aromatic N) is 1. The van der Waals surface area contributed by atoms with Gasteiger partial charge in [0.25, 0.3) is 11.5 Å². The van der Waals surface area contributed by atoms with Crippen LogP contribution >= 0.6 is 0 Å². The van der Waals surface area contributed by atoms with Crippen LogP contribution in [0, 0.1) is 0 Å². The number of alkyl halides is 1. The van der Waals surface area contributed by atoms with Gasteiger partial charge >= 0.3 is 0 Å². The average Bonchev–Trinajstić information content (AvgIpc) is 3.36. The van der Waals surface area contributed by atoms with E-state index in [1.54, 1.807) is 36.4 Å². The Morgan fingerprint density at radius 3 is 2.78 bits per heavy atom. The van der Waals surface area contributed by atoms with E-state index < -0.39 is 6.67 Å². The number of halogens is 1. The van der Waals surface area contributed by atoms with Crippen LogP contribution in [0.25, 0.3) is 16.7 Å². The van der Waals surface area contributed by atoms with Gasteiger partial charge < -0.3 is 15.0 Å². The van der Waals surface area contributed by atoms with Gasteiger partial charge in [-0.25, -0.2) is 4.39 Å². The van der Waals surface area contributed by atoms with E-state index in [1.807, 2.05) is 0 Å². The van der Waals surface area contributed by atoms with Crippen molar-refractivity contribution in [1.82, 2.24) is 14.9 Å². The maximum atomic E-state index is 12.7. The quantitative estimate of drug-likeness (QED) is 0.726. The number of H-pyrrole nitrogens is 1. The Balaban J connectivity index is 1.65. The Bertz CT molecular complexity index is 1020. The van der Waals surface area contributed by atoms with Crippen molar-refractivity contribution in [2.75, 3.05) is 13.2 Å². The van der Waals surface area contributed by atoms with Crippen LogP contribution in [0.5, 0.6) is 0 Å². The molecule has 1 fully saturated rings. The number of pyridine rings is 1. The number of benzene rings is 1. The second kappa shape index (κ2) is 7.36. The van der Waals surface area contributed by atoms with E-state index in [0.717, 1.165) is 24.8 Å². The van der Waals surface area contributed by atoms with Crippen LogP contribution in [0.3, 0.4) is 0 Å². The molecular formula is C20H20FN3O3. The van der Waals surface area contributed by atoms with Crippen molar-refractivity contribution in [2.45, 2.75) is 25.6 Å². The monoisotopic (exact) mass is 369 g/mol. The third-order valence-electron chi connectivity index (χ3n) is 4.78. The number of carbonyl (C=O) groups excluding carboxylic acids is 1. The molecule has 0 aliphatic carbocycles. The number of ether oxygens (including phenoxy) is 1. The molecule has 1 amide bonds. The minimum atomic E-state index is -0.559. The van der Waals surface area contributed by atoms with Gasteiger partial charge in [-0.3, -0.25) is 14.2 Å². The number of nitrogens with one attached hydrogen (secondary N) is 2. The molecule has 3 heterocycles. The van der Waals surface area contributed by atoms with Crippen molar-refractivity contribution < 1.29 is 13.9 Å². The fourth-order valence-electron chi connectivity index (χ4n) is 3.34. The van der Waals surface area contributed by atoms with Crippen molar-refractivity contribution >= 4 is 16.9 Å². The molecular weight excluding hydrogens is 349 g/mol. The number of aromatic nitrogens is 2. The lowest BCUT2D eigenvalue weighted by Crippen LogP contribution is -2.31. The number of carbonyl (C=O) groups is 1. The number of aromatic amines is 1. The Kier molecular flexibility index (Phi) is 4.77. The van der Waals surface area contributed by atoms with Crippen molar-refractivity contribution in [3.63, 3.8) is 0 Å². The Labute approximate surface area is 155 Å². The van der Waals surface area contributed by atoms with Crippen molar-refractivity contribution in [1.29, 1.82) is 0 Å². The molecule has 1 atom stereocenters. The number of rotatable bonds is 5. The Morgan fingerprint density at radius 2 is 2.07 bits per heavy atom. The minimum Gasteiger partial charge on any atom is -0.376 e. The molecule has 0 radical (unpaired) electrons. The summed E-state index contributed by atoms with van der Waals surface area (Å²) < 4.78 is 19.7. The van der Waals surface area contributed by atoms with E-state index >= 15 is 0 Å². The highest BCUT2D eigenvalue weighted by Gasteiger charge is 2.18. The topological polar surface area (TPSA) is 76.1 Å². The van der Waals surface area contributed by atoms with Crippen LogP contribution in [-0.4, -0.2) is 34.7 Å². The number of amides is 1. The van der Waals surface area contributed by atoms with Gasteiger partial charge in [0.15, 0.2) is 0 Å². The fraction of sp³-hybridized carbons (Fsp3) is 0.300. The highest BCUT2D eigenvalue weighted by atomic mass is 19.1. The predicted octanol–water partition coefficient (Wildman–Crippen LogP) is 2.70. The van der Waals surface area contributed by atoms with E-state index in [1.165, 1.54) is 10.6 Å². The molecule has 2 N–H and O–H groups in total. The van der Waals surface area contributed by atoms with E-state index in [4.69, 9.17) is 4.74 Å². The fourth-order valence-corrected chi connectivity index (χ4v) is 3.34. The zero-order valence-electron chi connectivity index (χ0n) is 14.7. The maximum Gasteiger partial charge on any atom is 0.267 e. The summed E-state index contributed by atoms with van der Waals surface area (Å²) in [5.41, 5.74) is 1.82. The van der Waals surface area contributed by atoms with Crippen molar-refractivity contribution in [3.8, 4) is 5.69 Å². The smallest absolute Gasteiger partial charge is 0.267 e. The highest BCUT2D eigenvalue weighted by Crippen LogP contribution is 2.18. The summed E-state index contributed by atoms with van der Waals surface area (Å²) in [5, 5.41) is 3.61. The van der Waals surface area contributed by atoms with Crippen LogP contribution in [0.2, 0.25) is 0 Å². The average molecular weight is 369 g/mol. The second-order valence-corrected chi connectivity index (χ2v) is 6.64. The maximum absolute atomic E-state index is 12.7. The van der Waals surface area contributed by atoms with Crippen LogP contribution in [0.4, 0.5) is 4.39 Å². The summed E-state index contributed by atoms with van der Waals surface area (Å²) >= 11 is 0.